The number of amides is 2. The minimum atomic E-state index is -0.480. The molecule has 1 unspecified atom stereocenters. The fourth-order valence-corrected chi connectivity index (χ4v) is 1.17. The maximum atomic E-state index is 11.2. The van der Waals surface area contributed by atoms with Gasteiger partial charge >= 0.3 is 5.97 Å². The lowest BCUT2D eigenvalue weighted by Crippen LogP contribution is -2.51. The summed E-state index contributed by atoms with van der Waals surface area (Å²) in [7, 11) is 1.27. The second-order valence-electron chi connectivity index (χ2n) is 2.96. The van der Waals surface area contributed by atoms with Gasteiger partial charge in [-0.15, -0.1) is 0 Å². The number of imide groups is 1. The minimum absolute atomic E-state index is 0.0250. The van der Waals surface area contributed by atoms with Crippen molar-refractivity contribution in [3.8, 4) is 0 Å². The fraction of sp³-hybridized carbons (Fsp3) is 0.625. The van der Waals surface area contributed by atoms with Gasteiger partial charge in [0.15, 0.2) is 0 Å². The first-order valence-electron chi connectivity index (χ1n) is 4.27. The largest absolute Gasteiger partial charge is 0.468 e. The predicted molar refractivity (Wildman–Crippen MR) is 46.2 cm³/mol. The van der Waals surface area contributed by atoms with Gasteiger partial charge in [0, 0.05) is 6.42 Å². The van der Waals surface area contributed by atoms with Gasteiger partial charge in [0.1, 0.15) is 0 Å². The third-order valence-electron chi connectivity index (χ3n) is 1.96. The fourth-order valence-electron chi connectivity index (χ4n) is 1.17. The average molecular weight is 200 g/mol. The van der Waals surface area contributed by atoms with Gasteiger partial charge in [-0.1, -0.05) is 0 Å². The van der Waals surface area contributed by atoms with E-state index in [1.165, 1.54) is 7.11 Å². The first-order valence-corrected chi connectivity index (χ1v) is 4.27. The summed E-state index contributed by atoms with van der Waals surface area (Å²) in [5.74, 6) is -1.09. The Hall–Kier alpha value is -1.43. The van der Waals surface area contributed by atoms with Crippen LogP contribution in [0, 0.1) is 0 Å². The van der Waals surface area contributed by atoms with Crippen molar-refractivity contribution in [2.24, 2.45) is 0 Å². The van der Waals surface area contributed by atoms with E-state index in [1.807, 2.05) is 0 Å². The van der Waals surface area contributed by atoms with Crippen molar-refractivity contribution in [1.29, 1.82) is 0 Å². The first kappa shape index (κ1) is 10.6. The van der Waals surface area contributed by atoms with Gasteiger partial charge < -0.3 is 4.74 Å². The van der Waals surface area contributed by atoms with E-state index in [9.17, 15) is 14.4 Å². The molecular formula is C8H12N2O4. The van der Waals surface area contributed by atoms with Gasteiger partial charge in [0.25, 0.3) is 0 Å². The Labute approximate surface area is 81.0 Å². The molecule has 14 heavy (non-hydrogen) atoms. The van der Waals surface area contributed by atoms with Crippen molar-refractivity contribution < 1.29 is 19.1 Å². The van der Waals surface area contributed by atoms with Gasteiger partial charge in [0.05, 0.1) is 19.7 Å². The first-order chi connectivity index (χ1) is 6.63. The van der Waals surface area contributed by atoms with Crippen molar-refractivity contribution in [3.63, 3.8) is 0 Å². The number of hydrogen-bond donors (Lipinski definition) is 2. The molecule has 1 saturated heterocycles. The van der Waals surface area contributed by atoms with E-state index < -0.39 is 12.0 Å². The molecule has 0 bridgehead atoms. The molecule has 2 amide bonds. The normalized spacial score (nSPS) is 21.6. The van der Waals surface area contributed by atoms with E-state index in [0.717, 1.165) is 0 Å². The van der Waals surface area contributed by atoms with E-state index in [0.29, 0.717) is 12.8 Å². The predicted octanol–water partition coefficient (Wildman–Crippen LogP) is -1.45. The molecule has 0 saturated carbocycles. The monoisotopic (exact) mass is 200 g/mol. The third-order valence-corrected chi connectivity index (χ3v) is 1.96. The van der Waals surface area contributed by atoms with Crippen molar-refractivity contribution in [2.45, 2.75) is 18.9 Å². The molecule has 1 aliphatic heterocycles. The van der Waals surface area contributed by atoms with Gasteiger partial charge in [-0.05, 0) is 6.42 Å². The molecule has 0 spiro atoms. The van der Waals surface area contributed by atoms with Crippen LogP contribution in [0.1, 0.15) is 12.8 Å². The molecule has 6 nitrogen and oxygen atoms in total. The number of ether oxygens (including phenoxy) is 1. The highest BCUT2D eigenvalue weighted by Gasteiger charge is 2.26. The zero-order valence-corrected chi connectivity index (χ0v) is 7.83. The van der Waals surface area contributed by atoms with Crippen LogP contribution in [0.15, 0.2) is 0 Å². The molecule has 1 heterocycles. The number of piperidine rings is 1. The van der Waals surface area contributed by atoms with E-state index in [1.54, 1.807) is 0 Å². The molecule has 1 rings (SSSR count). The zero-order valence-electron chi connectivity index (χ0n) is 7.83. The molecule has 2 N–H and O–H groups in total. The van der Waals surface area contributed by atoms with Crippen LogP contribution in [0.4, 0.5) is 0 Å². The van der Waals surface area contributed by atoms with Crippen molar-refractivity contribution in [3.05, 3.63) is 0 Å². The van der Waals surface area contributed by atoms with Crippen LogP contribution in [0.5, 0.6) is 0 Å². The number of carbonyl (C=O) groups is 3. The SMILES string of the molecule is COC(=O)CNC1CCC(=O)NC1=O. The number of rotatable bonds is 3. The van der Waals surface area contributed by atoms with Crippen LogP contribution in [-0.2, 0) is 19.1 Å². The van der Waals surface area contributed by atoms with Crippen molar-refractivity contribution >= 4 is 17.8 Å². The molecule has 0 aromatic heterocycles. The summed E-state index contributed by atoms with van der Waals surface area (Å²) in [6.07, 6.45) is 0.715. The zero-order chi connectivity index (χ0) is 10.6. The summed E-state index contributed by atoms with van der Waals surface area (Å²) in [5, 5.41) is 4.88. The molecule has 6 heteroatoms. The van der Waals surface area contributed by atoms with Crippen LogP contribution in [0.3, 0.4) is 0 Å². The summed E-state index contributed by atoms with van der Waals surface area (Å²) in [6.45, 7) is -0.0250. The van der Waals surface area contributed by atoms with E-state index in [4.69, 9.17) is 0 Å². The number of carbonyl (C=O) groups excluding carboxylic acids is 3. The Morgan fingerprint density at radius 1 is 1.64 bits per heavy atom. The smallest absolute Gasteiger partial charge is 0.319 e. The van der Waals surface area contributed by atoms with Crippen LogP contribution in [0.2, 0.25) is 0 Å². The summed E-state index contributed by atoms with van der Waals surface area (Å²) in [5.41, 5.74) is 0. The van der Waals surface area contributed by atoms with Gasteiger partial charge in [-0.3, -0.25) is 25.0 Å². The average Bonchev–Trinajstić information content (AvgIpc) is 2.16. The molecule has 78 valence electrons. The lowest BCUT2D eigenvalue weighted by Gasteiger charge is -2.21. The second-order valence-corrected chi connectivity index (χ2v) is 2.96. The summed E-state index contributed by atoms with van der Waals surface area (Å²) in [4.78, 5) is 32.7. The summed E-state index contributed by atoms with van der Waals surface area (Å²) >= 11 is 0. The summed E-state index contributed by atoms with van der Waals surface area (Å²) < 4.78 is 4.40. The Morgan fingerprint density at radius 2 is 2.36 bits per heavy atom. The van der Waals surface area contributed by atoms with Crippen molar-refractivity contribution in [1.82, 2.24) is 10.6 Å². The van der Waals surface area contributed by atoms with Gasteiger partial charge in [-0.25, -0.2) is 0 Å². The highest BCUT2D eigenvalue weighted by atomic mass is 16.5. The Morgan fingerprint density at radius 3 is 2.93 bits per heavy atom. The lowest BCUT2D eigenvalue weighted by atomic mass is 10.1. The Kier molecular flexibility index (Phi) is 3.58. The lowest BCUT2D eigenvalue weighted by molar-refractivity contribution is -0.140. The summed E-state index contributed by atoms with van der Waals surface area (Å²) in [6, 6.07) is -0.480. The highest BCUT2D eigenvalue weighted by Crippen LogP contribution is 2.03. The van der Waals surface area contributed by atoms with E-state index in [-0.39, 0.29) is 18.4 Å². The molecule has 1 aliphatic rings. The molecular weight excluding hydrogens is 188 g/mol. The van der Waals surface area contributed by atoms with E-state index in [2.05, 4.69) is 15.4 Å². The molecule has 0 aliphatic carbocycles. The molecule has 1 atom stereocenters. The number of esters is 1. The standard InChI is InChI=1S/C8H12N2O4/c1-14-7(12)4-9-5-2-3-6(11)10-8(5)13/h5,9H,2-4H2,1H3,(H,10,11,13). The highest BCUT2D eigenvalue weighted by molar-refractivity contribution is 6.00. The molecule has 0 aromatic rings. The Balaban J connectivity index is 2.34. The third kappa shape index (κ3) is 2.81. The Bertz CT molecular complexity index is 264. The number of hydrogen-bond acceptors (Lipinski definition) is 5. The van der Waals surface area contributed by atoms with Crippen molar-refractivity contribution in [2.75, 3.05) is 13.7 Å². The number of nitrogens with one attached hydrogen (secondary N) is 2. The number of methoxy groups -OCH3 is 1. The second kappa shape index (κ2) is 4.71. The molecule has 1 fully saturated rings. The topological polar surface area (TPSA) is 84.5 Å². The van der Waals surface area contributed by atoms with Crippen LogP contribution in [0.25, 0.3) is 0 Å². The minimum Gasteiger partial charge on any atom is -0.468 e. The van der Waals surface area contributed by atoms with Crippen LogP contribution in [-0.4, -0.2) is 37.5 Å². The quantitative estimate of drug-likeness (QED) is 0.430. The van der Waals surface area contributed by atoms with Gasteiger partial charge in [0.2, 0.25) is 11.8 Å². The van der Waals surface area contributed by atoms with E-state index >= 15 is 0 Å². The van der Waals surface area contributed by atoms with Gasteiger partial charge in [-0.2, -0.15) is 0 Å². The molecule has 0 aromatic carbocycles. The molecule has 0 radical (unpaired) electrons. The van der Waals surface area contributed by atoms with Crippen LogP contribution >= 0.6 is 0 Å². The maximum absolute atomic E-state index is 11.2. The maximum Gasteiger partial charge on any atom is 0.319 e. The van der Waals surface area contributed by atoms with Crippen LogP contribution < -0.4 is 10.6 Å².